The van der Waals surface area contributed by atoms with Gasteiger partial charge in [-0.3, -0.25) is 9.59 Å². The van der Waals surface area contributed by atoms with Crippen LogP contribution in [-0.2, 0) is 20.7 Å². The summed E-state index contributed by atoms with van der Waals surface area (Å²) < 4.78 is 5.82. The standard InChI is InChI=1S/C19H26N2O3/c22-18-8-4-10-20(18)11-5-9-19(23)21-12-13-24-17(15-21)14-16-6-2-1-3-7-16/h1-3,6-7,17H,4-5,8-15H2/t17-/m1/s1. The fourth-order valence-electron chi connectivity index (χ4n) is 3.47. The Morgan fingerprint density at radius 2 is 2.04 bits per heavy atom. The van der Waals surface area contributed by atoms with Crippen molar-refractivity contribution < 1.29 is 14.3 Å². The van der Waals surface area contributed by atoms with E-state index in [4.69, 9.17) is 4.74 Å². The van der Waals surface area contributed by atoms with Gasteiger partial charge in [-0.15, -0.1) is 0 Å². The molecule has 2 saturated heterocycles. The van der Waals surface area contributed by atoms with Crippen LogP contribution in [-0.4, -0.2) is 60.5 Å². The van der Waals surface area contributed by atoms with E-state index in [-0.39, 0.29) is 17.9 Å². The van der Waals surface area contributed by atoms with Crippen LogP contribution in [0.1, 0.15) is 31.2 Å². The van der Waals surface area contributed by atoms with Crippen molar-refractivity contribution in [2.45, 2.75) is 38.2 Å². The van der Waals surface area contributed by atoms with Crippen LogP contribution in [0.5, 0.6) is 0 Å². The SMILES string of the molecule is O=C1CCCN1CCCC(=O)N1CCO[C@H](Cc2ccccc2)C1. The highest BCUT2D eigenvalue weighted by Gasteiger charge is 2.25. The van der Waals surface area contributed by atoms with Gasteiger partial charge in [0.2, 0.25) is 11.8 Å². The normalized spacial score (nSPS) is 21.3. The minimum atomic E-state index is 0.0743. The van der Waals surface area contributed by atoms with Gasteiger partial charge in [0.15, 0.2) is 0 Å². The van der Waals surface area contributed by atoms with Crippen molar-refractivity contribution in [3.63, 3.8) is 0 Å². The van der Waals surface area contributed by atoms with E-state index in [1.165, 1.54) is 5.56 Å². The summed E-state index contributed by atoms with van der Waals surface area (Å²) in [7, 11) is 0. The van der Waals surface area contributed by atoms with Crippen LogP contribution in [0.25, 0.3) is 0 Å². The molecule has 2 amide bonds. The second kappa shape index (κ2) is 8.29. The molecule has 2 aliphatic rings. The van der Waals surface area contributed by atoms with Gasteiger partial charge in [0.05, 0.1) is 12.7 Å². The summed E-state index contributed by atoms with van der Waals surface area (Å²) in [6, 6.07) is 10.3. The monoisotopic (exact) mass is 330 g/mol. The van der Waals surface area contributed by atoms with Crippen LogP contribution in [0.4, 0.5) is 0 Å². The zero-order valence-corrected chi connectivity index (χ0v) is 14.2. The maximum Gasteiger partial charge on any atom is 0.222 e. The third kappa shape index (κ3) is 4.57. The van der Waals surface area contributed by atoms with Crippen molar-refractivity contribution in [2.24, 2.45) is 0 Å². The first kappa shape index (κ1) is 17.0. The summed E-state index contributed by atoms with van der Waals surface area (Å²) in [5, 5.41) is 0. The molecular formula is C19H26N2O3. The largest absolute Gasteiger partial charge is 0.374 e. The minimum absolute atomic E-state index is 0.0743. The first-order chi connectivity index (χ1) is 11.7. The Balaban J connectivity index is 1.42. The highest BCUT2D eigenvalue weighted by Crippen LogP contribution is 2.14. The molecule has 24 heavy (non-hydrogen) atoms. The first-order valence-corrected chi connectivity index (χ1v) is 8.93. The molecule has 3 rings (SSSR count). The zero-order valence-electron chi connectivity index (χ0n) is 14.2. The smallest absolute Gasteiger partial charge is 0.222 e. The summed E-state index contributed by atoms with van der Waals surface area (Å²) in [6.07, 6.45) is 3.81. The van der Waals surface area contributed by atoms with E-state index in [9.17, 15) is 9.59 Å². The molecule has 2 aliphatic heterocycles. The molecule has 5 nitrogen and oxygen atoms in total. The number of rotatable bonds is 6. The molecule has 0 saturated carbocycles. The predicted molar refractivity (Wildman–Crippen MR) is 91.5 cm³/mol. The predicted octanol–water partition coefficient (Wildman–Crippen LogP) is 1.86. The first-order valence-electron chi connectivity index (χ1n) is 8.93. The number of hydrogen-bond donors (Lipinski definition) is 0. The van der Waals surface area contributed by atoms with Crippen molar-refractivity contribution >= 4 is 11.8 Å². The number of amides is 2. The molecule has 0 radical (unpaired) electrons. The number of hydrogen-bond acceptors (Lipinski definition) is 3. The van der Waals surface area contributed by atoms with Crippen LogP contribution >= 0.6 is 0 Å². The van der Waals surface area contributed by atoms with Gasteiger partial charge < -0.3 is 14.5 Å². The average Bonchev–Trinajstić information content (AvgIpc) is 3.01. The Hall–Kier alpha value is -1.88. The van der Waals surface area contributed by atoms with E-state index in [0.717, 1.165) is 25.8 Å². The van der Waals surface area contributed by atoms with E-state index in [1.807, 2.05) is 28.0 Å². The van der Waals surface area contributed by atoms with E-state index in [0.29, 0.717) is 39.1 Å². The van der Waals surface area contributed by atoms with Crippen LogP contribution in [0, 0.1) is 0 Å². The third-order valence-corrected chi connectivity index (χ3v) is 4.79. The van der Waals surface area contributed by atoms with E-state index in [2.05, 4.69) is 12.1 Å². The van der Waals surface area contributed by atoms with Crippen molar-refractivity contribution in [1.29, 1.82) is 0 Å². The summed E-state index contributed by atoms with van der Waals surface area (Å²) in [4.78, 5) is 27.8. The molecule has 0 unspecified atom stereocenters. The highest BCUT2D eigenvalue weighted by molar-refractivity contribution is 5.78. The molecule has 0 bridgehead atoms. The van der Waals surface area contributed by atoms with Gasteiger partial charge in [0.1, 0.15) is 0 Å². The summed E-state index contributed by atoms with van der Waals surface area (Å²) >= 11 is 0. The Labute approximate surface area is 143 Å². The number of ether oxygens (including phenoxy) is 1. The number of morpholine rings is 1. The second-order valence-corrected chi connectivity index (χ2v) is 6.61. The number of carbonyl (C=O) groups excluding carboxylic acids is 2. The number of likely N-dealkylation sites (tertiary alicyclic amines) is 1. The molecule has 5 heteroatoms. The van der Waals surface area contributed by atoms with Crippen LogP contribution in [0.3, 0.4) is 0 Å². The van der Waals surface area contributed by atoms with Crippen molar-refractivity contribution in [2.75, 3.05) is 32.8 Å². The van der Waals surface area contributed by atoms with Gasteiger partial charge in [-0.1, -0.05) is 30.3 Å². The van der Waals surface area contributed by atoms with E-state index in [1.54, 1.807) is 0 Å². The Kier molecular flexibility index (Phi) is 5.86. The zero-order chi connectivity index (χ0) is 16.8. The summed E-state index contributed by atoms with van der Waals surface area (Å²) in [6.45, 7) is 3.50. The quantitative estimate of drug-likeness (QED) is 0.800. The molecule has 1 atom stereocenters. The van der Waals surface area contributed by atoms with Crippen molar-refractivity contribution in [1.82, 2.24) is 9.80 Å². The molecule has 2 fully saturated rings. The van der Waals surface area contributed by atoms with Gasteiger partial charge >= 0.3 is 0 Å². The lowest BCUT2D eigenvalue weighted by molar-refractivity contribution is -0.139. The fourth-order valence-corrected chi connectivity index (χ4v) is 3.47. The Bertz CT molecular complexity index is 561. The maximum absolute atomic E-state index is 12.4. The van der Waals surface area contributed by atoms with Gasteiger partial charge in [-0.2, -0.15) is 0 Å². The van der Waals surface area contributed by atoms with Crippen LogP contribution < -0.4 is 0 Å². The number of carbonyl (C=O) groups is 2. The van der Waals surface area contributed by atoms with Gasteiger partial charge in [-0.25, -0.2) is 0 Å². The molecular weight excluding hydrogens is 304 g/mol. The van der Waals surface area contributed by atoms with E-state index < -0.39 is 0 Å². The van der Waals surface area contributed by atoms with Crippen molar-refractivity contribution in [3.05, 3.63) is 35.9 Å². The molecule has 1 aromatic rings. The molecule has 0 spiro atoms. The van der Waals surface area contributed by atoms with Gasteiger partial charge in [-0.05, 0) is 18.4 Å². The Morgan fingerprint density at radius 1 is 1.21 bits per heavy atom. The lowest BCUT2D eigenvalue weighted by Gasteiger charge is -2.33. The number of benzene rings is 1. The molecule has 2 heterocycles. The van der Waals surface area contributed by atoms with Crippen LogP contribution in [0.2, 0.25) is 0 Å². The van der Waals surface area contributed by atoms with Crippen LogP contribution in [0.15, 0.2) is 30.3 Å². The molecule has 130 valence electrons. The maximum atomic E-state index is 12.4. The highest BCUT2D eigenvalue weighted by atomic mass is 16.5. The summed E-state index contributed by atoms with van der Waals surface area (Å²) in [5.41, 5.74) is 1.24. The van der Waals surface area contributed by atoms with E-state index >= 15 is 0 Å². The molecule has 1 aromatic carbocycles. The van der Waals surface area contributed by atoms with Crippen molar-refractivity contribution in [3.8, 4) is 0 Å². The van der Waals surface area contributed by atoms with Gasteiger partial charge in [0, 0.05) is 45.4 Å². The van der Waals surface area contributed by atoms with Gasteiger partial charge in [0.25, 0.3) is 0 Å². The lowest BCUT2D eigenvalue weighted by atomic mass is 10.1. The molecule has 0 aliphatic carbocycles. The minimum Gasteiger partial charge on any atom is -0.374 e. The summed E-state index contributed by atoms with van der Waals surface area (Å²) in [5.74, 6) is 0.416. The topological polar surface area (TPSA) is 49.9 Å². The molecule has 0 N–H and O–H groups in total. The lowest BCUT2D eigenvalue weighted by Crippen LogP contribution is -2.46. The molecule has 0 aromatic heterocycles. The fraction of sp³-hybridized carbons (Fsp3) is 0.579. The Morgan fingerprint density at radius 3 is 2.79 bits per heavy atom. The number of nitrogens with zero attached hydrogens (tertiary/aromatic N) is 2. The third-order valence-electron chi connectivity index (χ3n) is 4.79. The average molecular weight is 330 g/mol. The second-order valence-electron chi connectivity index (χ2n) is 6.61.